The number of hydrogen-bond donors (Lipinski definition) is 1. The van der Waals surface area contributed by atoms with Crippen LogP contribution in [-0.2, 0) is 11.3 Å². The van der Waals surface area contributed by atoms with Crippen molar-refractivity contribution in [2.24, 2.45) is 0 Å². The zero-order chi connectivity index (χ0) is 25.3. The Morgan fingerprint density at radius 3 is 2.49 bits per heavy atom. The van der Waals surface area contributed by atoms with Gasteiger partial charge >= 0.3 is 0 Å². The number of ether oxygens (including phenoxy) is 2. The molecule has 0 unspecified atom stereocenters. The number of carbonyl (C=O) groups excluding carboxylic acids is 2. The van der Waals surface area contributed by atoms with Gasteiger partial charge in [-0.25, -0.2) is 18.2 Å². The Bertz CT molecular complexity index is 1470. The first-order valence-electron chi connectivity index (χ1n) is 10.3. The van der Waals surface area contributed by atoms with Crippen LogP contribution in [0.4, 0.5) is 18.9 Å². The lowest BCUT2D eigenvalue weighted by Gasteiger charge is -2.10. The largest absolute Gasteiger partial charge is 0.494 e. The molecule has 0 saturated heterocycles. The summed E-state index contributed by atoms with van der Waals surface area (Å²) < 4.78 is 53.7. The summed E-state index contributed by atoms with van der Waals surface area (Å²) in [5.41, 5.74) is 0.575. The number of amides is 1. The Balaban J connectivity index is 1.81. The fourth-order valence-corrected chi connectivity index (χ4v) is 3.73. The van der Waals surface area contributed by atoms with E-state index in [0.717, 1.165) is 12.3 Å². The molecule has 1 amide bonds. The number of rotatable bonds is 7. The molecule has 8 nitrogen and oxygen atoms in total. The third-order valence-corrected chi connectivity index (χ3v) is 5.42. The number of nitrogens with zero attached hydrogens (tertiary/aromatic N) is 3. The smallest absolute Gasteiger partial charge is 0.296 e. The molecule has 0 aliphatic rings. The van der Waals surface area contributed by atoms with Crippen LogP contribution in [-0.4, -0.2) is 40.4 Å². The summed E-state index contributed by atoms with van der Waals surface area (Å²) >= 11 is 0. The SMILES string of the molecule is COc1cc(NC(=O)C(=O)c2c(C)n(Cc3ncc(F)cc3F)c3cc(F)c(OC)cc23)ccn1. The molecule has 0 atom stereocenters. The molecule has 4 rings (SSSR count). The lowest BCUT2D eigenvalue weighted by atomic mass is 10.1. The highest BCUT2D eigenvalue weighted by Gasteiger charge is 2.27. The van der Waals surface area contributed by atoms with E-state index in [2.05, 4.69) is 15.3 Å². The molecular formula is C24H19F3N4O4. The summed E-state index contributed by atoms with van der Waals surface area (Å²) in [5.74, 6) is -4.27. The second kappa shape index (κ2) is 9.45. The molecular weight excluding hydrogens is 465 g/mol. The third kappa shape index (κ3) is 4.52. The Kier molecular flexibility index (Phi) is 6.41. The predicted octanol–water partition coefficient (Wildman–Crippen LogP) is 4.04. The molecule has 3 heterocycles. The van der Waals surface area contributed by atoms with Gasteiger partial charge in [-0.1, -0.05) is 0 Å². The molecule has 0 saturated carbocycles. The van der Waals surface area contributed by atoms with Crippen LogP contribution in [0.5, 0.6) is 11.6 Å². The molecule has 35 heavy (non-hydrogen) atoms. The van der Waals surface area contributed by atoms with E-state index in [9.17, 15) is 22.8 Å². The van der Waals surface area contributed by atoms with Crippen molar-refractivity contribution in [3.05, 3.63) is 77.1 Å². The summed E-state index contributed by atoms with van der Waals surface area (Å²) in [5, 5.41) is 2.70. The molecule has 0 aliphatic heterocycles. The van der Waals surface area contributed by atoms with E-state index in [0.29, 0.717) is 6.07 Å². The van der Waals surface area contributed by atoms with Crippen LogP contribution in [0.1, 0.15) is 21.7 Å². The number of pyridine rings is 2. The minimum Gasteiger partial charge on any atom is -0.494 e. The number of fused-ring (bicyclic) bond motifs is 1. The molecule has 0 bridgehead atoms. The molecule has 3 aromatic heterocycles. The molecule has 0 spiro atoms. The first kappa shape index (κ1) is 23.7. The average Bonchev–Trinajstić information content (AvgIpc) is 3.09. The normalized spacial score (nSPS) is 10.9. The number of carbonyl (C=O) groups is 2. The average molecular weight is 484 g/mol. The first-order valence-corrected chi connectivity index (χ1v) is 10.3. The van der Waals surface area contributed by atoms with Crippen LogP contribution in [0, 0.1) is 24.4 Å². The number of hydrogen-bond acceptors (Lipinski definition) is 6. The Morgan fingerprint density at radius 1 is 1.03 bits per heavy atom. The molecule has 0 fully saturated rings. The van der Waals surface area contributed by atoms with Gasteiger partial charge in [-0.2, -0.15) is 0 Å². The van der Waals surface area contributed by atoms with Crippen molar-refractivity contribution in [2.75, 3.05) is 19.5 Å². The molecule has 180 valence electrons. The van der Waals surface area contributed by atoms with E-state index in [1.807, 2.05) is 0 Å². The number of aromatic nitrogens is 3. The lowest BCUT2D eigenvalue weighted by Crippen LogP contribution is -2.23. The molecule has 4 aromatic rings. The summed E-state index contributed by atoms with van der Waals surface area (Å²) in [4.78, 5) is 33.8. The van der Waals surface area contributed by atoms with Crippen LogP contribution < -0.4 is 14.8 Å². The van der Waals surface area contributed by atoms with Crippen LogP contribution >= 0.6 is 0 Å². The highest BCUT2D eigenvalue weighted by atomic mass is 19.1. The molecule has 1 N–H and O–H groups in total. The van der Waals surface area contributed by atoms with Crippen LogP contribution in [0.15, 0.2) is 42.7 Å². The number of nitrogens with one attached hydrogen (secondary N) is 1. The Labute approximate surface area is 197 Å². The van der Waals surface area contributed by atoms with Crippen LogP contribution in [0.3, 0.4) is 0 Å². The number of benzene rings is 1. The van der Waals surface area contributed by atoms with Crippen molar-refractivity contribution in [2.45, 2.75) is 13.5 Å². The van der Waals surface area contributed by atoms with Crippen molar-refractivity contribution in [1.29, 1.82) is 0 Å². The summed E-state index contributed by atoms with van der Waals surface area (Å²) in [7, 11) is 2.67. The van der Waals surface area contributed by atoms with Crippen molar-refractivity contribution in [3.63, 3.8) is 0 Å². The van der Waals surface area contributed by atoms with Gasteiger partial charge in [-0.3, -0.25) is 14.6 Å². The van der Waals surface area contributed by atoms with Crippen LogP contribution in [0.2, 0.25) is 0 Å². The van der Waals surface area contributed by atoms with E-state index >= 15 is 0 Å². The molecule has 11 heteroatoms. The van der Waals surface area contributed by atoms with Crippen molar-refractivity contribution < 1.29 is 32.2 Å². The summed E-state index contributed by atoms with van der Waals surface area (Å²) in [6.45, 7) is 1.29. The first-order chi connectivity index (χ1) is 16.7. The second-order valence-corrected chi connectivity index (χ2v) is 7.50. The maximum absolute atomic E-state index is 14.6. The molecule has 1 aromatic carbocycles. The van der Waals surface area contributed by atoms with Crippen molar-refractivity contribution in [3.8, 4) is 11.6 Å². The van der Waals surface area contributed by atoms with Crippen molar-refractivity contribution in [1.82, 2.24) is 14.5 Å². The zero-order valence-electron chi connectivity index (χ0n) is 18.9. The van der Waals surface area contributed by atoms with E-state index in [1.165, 1.54) is 50.1 Å². The van der Waals surface area contributed by atoms with Gasteiger partial charge in [0.05, 0.1) is 43.7 Å². The monoisotopic (exact) mass is 484 g/mol. The minimum absolute atomic E-state index is 0.0284. The maximum Gasteiger partial charge on any atom is 0.296 e. The van der Waals surface area contributed by atoms with Gasteiger partial charge in [0.1, 0.15) is 11.6 Å². The Morgan fingerprint density at radius 2 is 1.80 bits per heavy atom. The molecule has 0 radical (unpaired) electrons. The summed E-state index contributed by atoms with van der Waals surface area (Å²) in [6, 6.07) is 5.99. The fourth-order valence-electron chi connectivity index (χ4n) is 3.73. The van der Waals surface area contributed by atoms with E-state index in [4.69, 9.17) is 9.47 Å². The number of anilines is 1. The highest BCUT2D eigenvalue weighted by molar-refractivity contribution is 6.48. The highest BCUT2D eigenvalue weighted by Crippen LogP contribution is 2.33. The predicted molar refractivity (Wildman–Crippen MR) is 120 cm³/mol. The topological polar surface area (TPSA) is 95.3 Å². The van der Waals surface area contributed by atoms with E-state index < -0.39 is 29.1 Å². The standard InChI is InChI=1S/C24H19F3N4O4/c1-12-22(23(32)24(33)30-14-4-5-28-21(7-14)35-3)15-8-20(34-2)17(27)9-19(15)31(12)11-18-16(26)6-13(25)10-29-18/h4-10H,11H2,1-3H3,(H,28,30,33). The second-order valence-electron chi connectivity index (χ2n) is 7.50. The van der Waals surface area contributed by atoms with Gasteiger partial charge in [-0.15, -0.1) is 0 Å². The van der Waals surface area contributed by atoms with Gasteiger partial charge in [0.2, 0.25) is 5.88 Å². The van der Waals surface area contributed by atoms with Gasteiger partial charge in [-0.05, 0) is 19.1 Å². The third-order valence-electron chi connectivity index (χ3n) is 5.42. The van der Waals surface area contributed by atoms with Gasteiger partial charge in [0, 0.05) is 41.2 Å². The van der Waals surface area contributed by atoms with Crippen molar-refractivity contribution >= 4 is 28.3 Å². The number of Topliss-reactive ketones (excluding diaryl/α,β-unsaturated/α-hetero) is 1. The Hall–Kier alpha value is -4.41. The van der Waals surface area contributed by atoms with Gasteiger partial charge in [0.15, 0.2) is 11.6 Å². The zero-order valence-corrected chi connectivity index (χ0v) is 18.9. The number of ketones is 1. The fraction of sp³-hybridized carbons (Fsp3) is 0.167. The van der Waals surface area contributed by atoms with Gasteiger partial charge in [0.25, 0.3) is 11.7 Å². The quantitative estimate of drug-likeness (QED) is 0.314. The number of methoxy groups -OCH3 is 2. The maximum atomic E-state index is 14.6. The van der Waals surface area contributed by atoms with E-state index in [1.54, 1.807) is 0 Å². The number of halogens is 3. The van der Waals surface area contributed by atoms with E-state index in [-0.39, 0.29) is 51.7 Å². The van der Waals surface area contributed by atoms with Crippen LogP contribution in [0.25, 0.3) is 10.9 Å². The van der Waals surface area contributed by atoms with Gasteiger partial charge < -0.3 is 19.4 Å². The summed E-state index contributed by atoms with van der Waals surface area (Å²) in [6.07, 6.45) is 2.25. The molecule has 0 aliphatic carbocycles. The minimum atomic E-state index is -0.963. The lowest BCUT2D eigenvalue weighted by molar-refractivity contribution is -0.112.